The van der Waals surface area contributed by atoms with E-state index in [2.05, 4.69) is 27.6 Å². The monoisotopic (exact) mass is 595 g/mol. The van der Waals surface area contributed by atoms with Crippen LogP contribution in [0.4, 0.5) is 0 Å². The fraction of sp³-hybridized carbons (Fsp3) is 0.265. The zero-order valence-corrected chi connectivity index (χ0v) is 25.6. The van der Waals surface area contributed by atoms with Gasteiger partial charge in [0.1, 0.15) is 11.7 Å². The van der Waals surface area contributed by atoms with Crippen molar-refractivity contribution in [2.75, 3.05) is 0 Å². The summed E-state index contributed by atoms with van der Waals surface area (Å²) in [6.07, 6.45) is 0.411. The molecule has 1 aliphatic rings. The number of carbonyl (C=O) groups is 3. The second kappa shape index (κ2) is 10.9. The SMILES string of the molecule is Cc1c(C2c3ccccc3C(=O)N2C(CC(C)C)C(=O)NNC(=O)c2cc3cc(Cl)ccc3n2C)c2ccccc2n1C. The van der Waals surface area contributed by atoms with Crippen LogP contribution in [-0.2, 0) is 18.9 Å². The van der Waals surface area contributed by atoms with E-state index in [9.17, 15) is 14.4 Å². The lowest BCUT2D eigenvalue weighted by molar-refractivity contribution is -0.127. The number of fused-ring (bicyclic) bond motifs is 3. The third kappa shape index (κ3) is 4.76. The molecule has 0 radical (unpaired) electrons. The number of hydrogen-bond acceptors (Lipinski definition) is 3. The smallest absolute Gasteiger partial charge is 0.286 e. The maximum Gasteiger partial charge on any atom is 0.286 e. The Kier molecular flexibility index (Phi) is 7.26. The van der Waals surface area contributed by atoms with Crippen molar-refractivity contribution in [2.24, 2.45) is 20.0 Å². The molecule has 3 aromatic carbocycles. The first kappa shape index (κ1) is 28.6. The molecule has 0 bridgehead atoms. The van der Waals surface area contributed by atoms with Gasteiger partial charge in [-0.3, -0.25) is 25.2 Å². The average molecular weight is 596 g/mol. The van der Waals surface area contributed by atoms with Crippen LogP contribution in [0.2, 0.25) is 5.02 Å². The Labute approximate surface area is 255 Å². The van der Waals surface area contributed by atoms with Gasteiger partial charge in [-0.25, -0.2) is 0 Å². The number of hydrazine groups is 1. The van der Waals surface area contributed by atoms with Crippen molar-refractivity contribution in [1.82, 2.24) is 24.9 Å². The topological polar surface area (TPSA) is 88.4 Å². The third-order valence-electron chi connectivity index (χ3n) is 8.59. The largest absolute Gasteiger partial charge is 0.348 e. The lowest BCUT2D eigenvalue weighted by Gasteiger charge is -2.34. The predicted octanol–water partition coefficient (Wildman–Crippen LogP) is 6.05. The number of amides is 3. The standard InChI is InChI=1S/C34H34ClN5O3/c1-19(2)16-29(33(42)37-36-32(41)28-18-21-17-22(35)14-15-26(21)39(28)5)40-31(23-10-6-7-11-24(23)34(40)43)30-20(3)38(4)27-13-9-8-12-25(27)30/h6-15,17-19,29,31H,16H2,1-5H3,(H,36,41)(H,37,42). The number of halogens is 1. The second-order valence-electron chi connectivity index (χ2n) is 11.7. The highest BCUT2D eigenvalue weighted by molar-refractivity contribution is 6.31. The normalized spacial score (nSPS) is 15.4. The fourth-order valence-corrected chi connectivity index (χ4v) is 6.63. The van der Waals surface area contributed by atoms with E-state index >= 15 is 0 Å². The first-order valence-electron chi connectivity index (χ1n) is 14.4. The fourth-order valence-electron chi connectivity index (χ4n) is 6.45. The lowest BCUT2D eigenvalue weighted by Crippen LogP contribution is -2.54. The van der Waals surface area contributed by atoms with Crippen LogP contribution in [0.3, 0.4) is 0 Å². The van der Waals surface area contributed by atoms with Crippen molar-refractivity contribution in [1.29, 1.82) is 0 Å². The molecule has 220 valence electrons. The minimum atomic E-state index is -0.838. The van der Waals surface area contributed by atoms with Crippen molar-refractivity contribution in [3.63, 3.8) is 0 Å². The molecule has 2 aromatic heterocycles. The van der Waals surface area contributed by atoms with Crippen LogP contribution < -0.4 is 10.9 Å². The van der Waals surface area contributed by atoms with Crippen molar-refractivity contribution in [2.45, 2.75) is 39.3 Å². The molecule has 6 rings (SSSR count). The number of benzene rings is 3. The van der Waals surface area contributed by atoms with Gasteiger partial charge in [0.05, 0.1) is 6.04 Å². The van der Waals surface area contributed by atoms with E-state index in [0.29, 0.717) is 22.7 Å². The summed E-state index contributed by atoms with van der Waals surface area (Å²) in [4.78, 5) is 43.1. The third-order valence-corrected chi connectivity index (χ3v) is 8.82. The summed E-state index contributed by atoms with van der Waals surface area (Å²) in [5.74, 6) is -1.03. The van der Waals surface area contributed by atoms with Gasteiger partial charge in [0.2, 0.25) is 0 Å². The van der Waals surface area contributed by atoms with E-state index < -0.39 is 23.9 Å². The number of aromatic nitrogens is 2. The Morgan fingerprint density at radius 3 is 2.40 bits per heavy atom. The minimum absolute atomic E-state index is 0.0974. The molecule has 2 N–H and O–H groups in total. The molecular formula is C34H34ClN5O3. The molecule has 8 nitrogen and oxygen atoms in total. The van der Waals surface area contributed by atoms with Gasteiger partial charge < -0.3 is 14.0 Å². The van der Waals surface area contributed by atoms with Gasteiger partial charge in [-0.2, -0.15) is 0 Å². The highest BCUT2D eigenvalue weighted by atomic mass is 35.5. The van der Waals surface area contributed by atoms with Gasteiger partial charge in [-0.15, -0.1) is 0 Å². The van der Waals surface area contributed by atoms with Gasteiger partial charge in [0.25, 0.3) is 17.7 Å². The van der Waals surface area contributed by atoms with Crippen molar-refractivity contribution in [3.05, 3.63) is 106 Å². The van der Waals surface area contributed by atoms with E-state index in [1.807, 2.05) is 70.3 Å². The number of hydrogen-bond donors (Lipinski definition) is 2. The van der Waals surface area contributed by atoms with Gasteiger partial charge in [-0.05, 0) is 61.2 Å². The van der Waals surface area contributed by atoms with Gasteiger partial charge >= 0.3 is 0 Å². The molecule has 0 saturated carbocycles. The molecule has 3 amide bonds. The summed E-state index contributed by atoms with van der Waals surface area (Å²) in [6.45, 7) is 6.09. The summed E-state index contributed by atoms with van der Waals surface area (Å²) in [5, 5.41) is 2.43. The summed E-state index contributed by atoms with van der Waals surface area (Å²) in [6, 6.07) is 21.5. The van der Waals surface area contributed by atoms with E-state index in [1.165, 1.54) is 0 Å². The molecule has 9 heteroatoms. The van der Waals surface area contributed by atoms with E-state index in [0.717, 1.165) is 38.6 Å². The molecule has 0 fully saturated rings. The number of rotatable bonds is 6. The molecule has 0 spiro atoms. The van der Waals surface area contributed by atoms with Gasteiger partial charge in [0.15, 0.2) is 0 Å². The average Bonchev–Trinajstić information content (AvgIpc) is 3.56. The van der Waals surface area contributed by atoms with Crippen molar-refractivity contribution < 1.29 is 14.4 Å². The molecule has 5 aromatic rings. The zero-order valence-electron chi connectivity index (χ0n) is 24.8. The first-order valence-corrected chi connectivity index (χ1v) is 14.8. The first-order chi connectivity index (χ1) is 20.6. The molecule has 3 heterocycles. The lowest BCUT2D eigenvalue weighted by atomic mass is 9.93. The summed E-state index contributed by atoms with van der Waals surface area (Å²) >= 11 is 6.15. The Bertz CT molecular complexity index is 1920. The van der Waals surface area contributed by atoms with E-state index in [4.69, 9.17) is 11.6 Å². The highest BCUT2D eigenvalue weighted by Gasteiger charge is 2.45. The molecule has 2 unspecified atom stereocenters. The van der Waals surface area contributed by atoms with Crippen LogP contribution in [-0.4, -0.2) is 37.8 Å². The van der Waals surface area contributed by atoms with Gasteiger partial charge in [0, 0.05) is 57.7 Å². The molecule has 2 atom stereocenters. The summed E-state index contributed by atoms with van der Waals surface area (Å²) < 4.78 is 3.88. The Balaban J connectivity index is 1.37. The number of nitrogens with one attached hydrogen (secondary N) is 2. The number of carbonyl (C=O) groups excluding carboxylic acids is 3. The highest BCUT2D eigenvalue weighted by Crippen LogP contribution is 2.45. The van der Waals surface area contributed by atoms with Crippen LogP contribution in [0.5, 0.6) is 0 Å². The Morgan fingerprint density at radius 1 is 0.907 bits per heavy atom. The quantitative estimate of drug-likeness (QED) is 0.234. The maximum atomic E-state index is 14.1. The Morgan fingerprint density at radius 2 is 1.63 bits per heavy atom. The van der Waals surface area contributed by atoms with E-state index in [1.54, 1.807) is 34.7 Å². The van der Waals surface area contributed by atoms with Crippen LogP contribution in [0.25, 0.3) is 21.8 Å². The second-order valence-corrected chi connectivity index (χ2v) is 12.1. The van der Waals surface area contributed by atoms with Crippen LogP contribution >= 0.6 is 11.6 Å². The van der Waals surface area contributed by atoms with Crippen LogP contribution in [0.1, 0.15) is 64.0 Å². The van der Waals surface area contributed by atoms with Crippen molar-refractivity contribution in [3.8, 4) is 0 Å². The van der Waals surface area contributed by atoms with Crippen LogP contribution in [0.15, 0.2) is 72.8 Å². The summed E-state index contributed by atoms with van der Waals surface area (Å²) in [5.41, 5.74) is 11.0. The minimum Gasteiger partial charge on any atom is -0.348 e. The van der Waals surface area contributed by atoms with E-state index in [-0.39, 0.29) is 11.8 Å². The number of para-hydroxylation sites is 1. The molecular weight excluding hydrogens is 562 g/mol. The Hall–Kier alpha value is -4.56. The molecule has 0 saturated heterocycles. The van der Waals surface area contributed by atoms with Gasteiger partial charge in [-0.1, -0.05) is 61.8 Å². The van der Waals surface area contributed by atoms with Crippen LogP contribution in [0, 0.1) is 12.8 Å². The number of nitrogens with zero attached hydrogens (tertiary/aromatic N) is 3. The maximum absolute atomic E-state index is 14.1. The molecule has 1 aliphatic heterocycles. The molecule has 43 heavy (non-hydrogen) atoms. The van der Waals surface area contributed by atoms with Crippen molar-refractivity contribution >= 4 is 51.1 Å². The molecule has 0 aliphatic carbocycles. The zero-order chi connectivity index (χ0) is 30.6. The number of aryl methyl sites for hydroxylation is 2. The predicted molar refractivity (Wildman–Crippen MR) is 169 cm³/mol. The summed E-state index contributed by atoms with van der Waals surface area (Å²) in [7, 11) is 3.80.